The summed E-state index contributed by atoms with van der Waals surface area (Å²) in [6, 6.07) is 5.94. The number of carbonyl (C=O) groups is 1. The van der Waals surface area contributed by atoms with Crippen molar-refractivity contribution in [3.05, 3.63) is 54.1 Å². The third kappa shape index (κ3) is 4.58. The minimum absolute atomic E-state index is 0.0144. The van der Waals surface area contributed by atoms with Gasteiger partial charge in [-0.15, -0.1) is 0 Å². The molecule has 0 unspecified atom stereocenters. The van der Waals surface area contributed by atoms with Gasteiger partial charge in [-0.05, 0) is 36.7 Å². The maximum Gasteiger partial charge on any atom is 0.255 e. The number of nitrogens with zero attached hydrogens (tertiary/aromatic N) is 5. The molecule has 2 aromatic rings. The molecule has 2 aromatic heterocycles. The van der Waals surface area contributed by atoms with Crippen molar-refractivity contribution in [1.82, 2.24) is 19.8 Å². The van der Waals surface area contributed by atoms with Crippen LogP contribution in [0.2, 0.25) is 0 Å². The molecule has 1 fully saturated rings. The highest BCUT2D eigenvalue weighted by molar-refractivity contribution is 5.94. The maximum absolute atomic E-state index is 12.7. The SMILES string of the molecule is CCN1CCN(c2cncc(C(=O)N(C)CCc3ccncc3)c2)CC1. The Morgan fingerprint density at radius 3 is 2.54 bits per heavy atom. The number of hydrogen-bond donors (Lipinski definition) is 0. The highest BCUT2D eigenvalue weighted by Gasteiger charge is 2.18. The van der Waals surface area contributed by atoms with Gasteiger partial charge >= 0.3 is 0 Å². The Bertz CT molecular complexity index is 713. The van der Waals surface area contributed by atoms with Crippen LogP contribution in [-0.2, 0) is 6.42 Å². The van der Waals surface area contributed by atoms with Gasteiger partial charge in [-0.1, -0.05) is 6.92 Å². The van der Waals surface area contributed by atoms with E-state index in [1.807, 2.05) is 31.4 Å². The monoisotopic (exact) mass is 353 g/mol. The van der Waals surface area contributed by atoms with Crippen LogP contribution in [0.25, 0.3) is 0 Å². The van der Waals surface area contributed by atoms with E-state index in [4.69, 9.17) is 0 Å². The van der Waals surface area contributed by atoms with E-state index in [1.54, 1.807) is 23.5 Å². The molecule has 3 heterocycles. The first-order valence-electron chi connectivity index (χ1n) is 9.24. The zero-order chi connectivity index (χ0) is 18.4. The van der Waals surface area contributed by atoms with E-state index < -0.39 is 0 Å². The standard InChI is InChI=1S/C20H27N5O/c1-3-24-10-12-25(13-11-24)19-14-18(15-22-16-19)20(26)23(2)9-6-17-4-7-21-8-5-17/h4-5,7-8,14-16H,3,6,9-13H2,1-2H3. The van der Waals surface area contributed by atoms with E-state index in [9.17, 15) is 4.79 Å². The quantitative estimate of drug-likeness (QED) is 0.794. The molecule has 138 valence electrons. The van der Waals surface area contributed by atoms with Gasteiger partial charge in [-0.3, -0.25) is 14.8 Å². The topological polar surface area (TPSA) is 52.6 Å². The molecule has 1 aliphatic rings. The molecule has 3 rings (SSSR count). The number of carbonyl (C=O) groups excluding carboxylic acids is 1. The van der Waals surface area contributed by atoms with Crippen molar-refractivity contribution in [2.45, 2.75) is 13.3 Å². The Morgan fingerprint density at radius 1 is 1.12 bits per heavy atom. The molecule has 0 N–H and O–H groups in total. The Balaban J connectivity index is 1.60. The van der Waals surface area contributed by atoms with Crippen LogP contribution in [-0.4, -0.2) is 72.0 Å². The Labute approximate surface area is 155 Å². The molecule has 0 spiro atoms. The maximum atomic E-state index is 12.7. The van der Waals surface area contributed by atoms with Crippen LogP contribution >= 0.6 is 0 Å². The fraction of sp³-hybridized carbons (Fsp3) is 0.450. The third-order valence-electron chi connectivity index (χ3n) is 4.99. The number of hydrogen-bond acceptors (Lipinski definition) is 5. The average molecular weight is 353 g/mol. The summed E-state index contributed by atoms with van der Waals surface area (Å²) in [6.45, 7) is 8.02. The van der Waals surface area contributed by atoms with Gasteiger partial charge in [0.25, 0.3) is 5.91 Å². The van der Waals surface area contributed by atoms with Crippen LogP contribution in [0.3, 0.4) is 0 Å². The number of amides is 1. The normalized spacial score (nSPS) is 15.1. The molecule has 26 heavy (non-hydrogen) atoms. The molecule has 6 heteroatoms. The van der Waals surface area contributed by atoms with Crippen LogP contribution in [0.1, 0.15) is 22.8 Å². The highest BCUT2D eigenvalue weighted by Crippen LogP contribution is 2.17. The van der Waals surface area contributed by atoms with Gasteiger partial charge in [0.2, 0.25) is 0 Å². The zero-order valence-electron chi connectivity index (χ0n) is 15.6. The predicted octanol–water partition coefficient (Wildman–Crippen LogP) is 1.93. The summed E-state index contributed by atoms with van der Waals surface area (Å²) in [5.41, 5.74) is 2.87. The summed E-state index contributed by atoms with van der Waals surface area (Å²) in [5.74, 6) is 0.0144. The van der Waals surface area contributed by atoms with Crippen LogP contribution in [0, 0.1) is 0 Å². The summed E-state index contributed by atoms with van der Waals surface area (Å²) in [4.78, 5) is 27.6. The predicted molar refractivity (Wildman–Crippen MR) is 103 cm³/mol. The molecule has 0 atom stereocenters. The van der Waals surface area contributed by atoms with Gasteiger partial charge in [0, 0.05) is 58.4 Å². The first-order valence-corrected chi connectivity index (χ1v) is 9.24. The van der Waals surface area contributed by atoms with Gasteiger partial charge in [-0.2, -0.15) is 0 Å². The van der Waals surface area contributed by atoms with Gasteiger partial charge in [0.05, 0.1) is 17.4 Å². The van der Waals surface area contributed by atoms with E-state index in [0.717, 1.165) is 44.8 Å². The largest absolute Gasteiger partial charge is 0.368 e. The first kappa shape index (κ1) is 18.3. The number of aromatic nitrogens is 2. The van der Waals surface area contributed by atoms with Crippen molar-refractivity contribution < 1.29 is 4.79 Å². The third-order valence-corrected chi connectivity index (χ3v) is 4.99. The number of piperazine rings is 1. The lowest BCUT2D eigenvalue weighted by atomic mass is 10.1. The summed E-state index contributed by atoms with van der Waals surface area (Å²) in [6.07, 6.45) is 7.90. The molecular formula is C20H27N5O. The van der Waals surface area contributed by atoms with Crippen molar-refractivity contribution in [3.8, 4) is 0 Å². The number of pyridine rings is 2. The fourth-order valence-electron chi connectivity index (χ4n) is 3.21. The zero-order valence-corrected chi connectivity index (χ0v) is 15.6. The van der Waals surface area contributed by atoms with Crippen molar-refractivity contribution in [2.75, 3.05) is 51.2 Å². The Morgan fingerprint density at radius 2 is 1.85 bits per heavy atom. The second kappa shape index (κ2) is 8.76. The number of likely N-dealkylation sites (N-methyl/N-ethyl adjacent to an activating group) is 2. The van der Waals surface area contributed by atoms with Gasteiger partial charge in [-0.25, -0.2) is 0 Å². The van der Waals surface area contributed by atoms with E-state index in [1.165, 1.54) is 5.56 Å². The molecule has 1 aliphatic heterocycles. The van der Waals surface area contributed by atoms with E-state index in [0.29, 0.717) is 12.1 Å². The average Bonchev–Trinajstić information content (AvgIpc) is 2.72. The van der Waals surface area contributed by atoms with E-state index in [-0.39, 0.29) is 5.91 Å². The van der Waals surface area contributed by atoms with Crippen molar-refractivity contribution in [1.29, 1.82) is 0 Å². The van der Waals surface area contributed by atoms with Crippen LogP contribution in [0.5, 0.6) is 0 Å². The summed E-state index contributed by atoms with van der Waals surface area (Å²) in [7, 11) is 1.84. The minimum Gasteiger partial charge on any atom is -0.368 e. The lowest BCUT2D eigenvalue weighted by Gasteiger charge is -2.35. The molecule has 1 saturated heterocycles. The highest BCUT2D eigenvalue weighted by atomic mass is 16.2. The minimum atomic E-state index is 0.0144. The first-order chi connectivity index (χ1) is 12.7. The van der Waals surface area contributed by atoms with E-state index >= 15 is 0 Å². The van der Waals surface area contributed by atoms with Crippen molar-refractivity contribution in [2.24, 2.45) is 0 Å². The van der Waals surface area contributed by atoms with Crippen LogP contribution < -0.4 is 4.90 Å². The second-order valence-corrected chi connectivity index (χ2v) is 6.69. The molecule has 0 radical (unpaired) electrons. The Hall–Kier alpha value is -2.47. The van der Waals surface area contributed by atoms with Crippen LogP contribution in [0.15, 0.2) is 43.0 Å². The van der Waals surface area contributed by atoms with Crippen molar-refractivity contribution >= 4 is 11.6 Å². The lowest BCUT2D eigenvalue weighted by Crippen LogP contribution is -2.46. The van der Waals surface area contributed by atoms with Gasteiger partial charge in [0.1, 0.15) is 0 Å². The van der Waals surface area contributed by atoms with Crippen molar-refractivity contribution in [3.63, 3.8) is 0 Å². The molecule has 0 saturated carbocycles. The summed E-state index contributed by atoms with van der Waals surface area (Å²) >= 11 is 0. The number of anilines is 1. The smallest absolute Gasteiger partial charge is 0.255 e. The summed E-state index contributed by atoms with van der Waals surface area (Å²) < 4.78 is 0. The van der Waals surface area contributed by atoms with Gasteiger partial charge < -0.3 is 14.7 Å². The van der Waals surface area contributed by atoms with E-state index in [2.05, 4.69) is 26.7 Å². The van der Waals surface area contributed by atoms with Crippen LogP contribution in [0.4, 0.5) is 5.69 Å². The molecule has 0 bridgehead atoms. The summed E-state index contributed by atoms with van der Waals surface area (Å²) in [5, 5.41) is 0. The molecule has 1 amide bonds. The molecular weight excluding hydrogens is 326 g/mol. The Kier molecular flexibility index (Phi) is 6.17. The molecule has 0 aliphatic carbocycles. The van der Waals surface area contributed by atoms with Gasteiger partial charge in [0.15, 0.2) is 0 Å². The second-order valence-electron chi connectivity index (χ2n) is 6.69. The molecule has 0 aromatic carbocycles. The number of rotatable bonds is 6. The fourth-order valence-corrected chi connectivity index (χ4v) is 3.21. The lowest BCUT2D eigenvalue weighted by molar-refractivity contribution is 0.0796. The molecule has 6 nitrogen and oxygen atoms in total.